The number of benzene rings is 1. The summed E-state index contributed by atoms with van der Waals surface area (Å²) in [6, 6.07) is 5.45. The molecule has 0 heterocycles. The van der Waals surface area contributed by atoms with Gasteiger partial charge >= 0.3 is 5.97 Å². The van der Waals surface area contributed by atoms with Gasteiger partial charge in [-0.2, -0.15) is 0 Å². The molecule has 1 aromatic rings. The van der Waals surface area contributed by atoms with E-state index in [-0.39, 0.29) is 5.97 Å². The molecule has 116 valence electrons. The molecular formula is C15H23N3O2S. The first-order valence-electron chi connectivity index (χ1n) is 6.92. The number of esters is 1. The zero-order valence-corrected chi connectivity index (χ0v) is 13.8. The van der Waals surface area contributed by atoms with Crippen molar-refractivity contribution in [2.24, 2.45) is 0 Å². The largest absolute Gasteiger partial charge is 0.462 e. The van der Waals surface area contributed by atoms with Gasteiger partial charge in [-0.05, 0) is 57.9 Å². The van der Waals surface area contributed by atoms with Crippen LogP contribution in [0.2, 0.25) is 0 Å². The Morgan fingerprint density at radius 3 is 2.71 bits per heavy atom. The zero-order valence-electron chi connectivity index (χ0n) is 13.0. The molecule has 0 aliphatic heterocycles. The molecule has 0 aliphatic carbocycles. The van der Waals surface area contributed by atoms with E-state index in [1.807, 2.05) is 33.2 Å². The standard InChI is InChI=1S/C15H23N3O2S/c1-5-20-14(19)12-7-6-8-13(11(12)2)17-15(21)16-9-10-18(3)4/h6-8H,5,9-10H2,1-4H3,(H2,16,17,21). The van der Waals surface area contributed by atoms with Crippen molar-refractivity contribution >= 4 is 29.0 Å². The number of thiocarbonyl (C=S) groups is 1. The highest BCUT2D eigenvalue weighted by molar-refractivity contribution is 7.80. The first kappa shape index (κ1) is 17.4. The van der Waals surface area contributed by atoms with Crippen LogP contribution in [-0.4, -0.2) is 49.8 Å². The molecule has 0 unspecified atom stereocenters. The van der Waals surface area contributed by atoms with E-state index in [1.165, 1.54) is 0 Å². The Morgan fingerprint density at radius 2 is 2.10 bits per heavy atom. The van der Waals surface area contributed by atoms with Crippen LogP contribution in [0, 0.1) is 6.92 Å². The zero-order chi connectivity index (χ0) is 15.8. The lowest BCUT2D eigenvalue weighted by Crippen LogP contribution is -2.34. The predicted molar refractivity (Wildman–Crippen MR) is 89.9 cm³/mol. The van der Waals surface area contributed by atoms with E-state index in [0.717, 1.165) is 24.3 Å². The fraction of sp³-hybridized carbons (Fsp3) is 0.467. The third kappa shape index (κ3) is 5.69. The molecule has 0 aromatic heterocycles. The number of ether oxygens (including phenoxy) is 1. The lowest BCUT2D eigenvalue weighted by molar-refractivity contribution is 0.0525. The molecule has 0 amide bonds. The summed E-state index contributed by atoms with van der Waals surface area (Å²) in [6.45, 7) is 5.68. The van der Waals surface area contributed by atoms with Gasteiger partial charge in [0.15, 0.2) is 5.11 Å². The van der Waals surface area contributed by atoms with Gasteiger partial charge in [0, 0.05) is 18.8 Å². The highest BCUT2D eigenvalue weighted by Gasteiger charge is 2.12. The molecule has 2 N–H and O–H groups in total. The summed E-state index contributed by atoms with van der Waals surface area (Å²) in [6.07, 6.45) is 0. The van der Waals surface area contributed by atoms with Crippen LogP contribution in [0.3, 0.4) is 0 Å². The van der Waals surface area contributed by atoms with Crippen molar-refractivity contribution in [3.05, 3.63) is 29.3 Å². The van der Waals surface area contributed by atoms with Gasteiger partial charge in [-0.1, -0.05) is 6.07 Å². The first-order chi connectivity index (χ1) is 9.95. The van der Waals surface area contributed by atoms with Crippen molar-refractivity contribution in [3.8, 4) is 0 Å². The van der Waals surface area contributed by atoms with Crippen molar-refractivity contribution < 1.29 is 9.53 Å². The minimum Gasteiger partial charge on any atom is -0.462 e. The molecule has 0 atom stereocenters. The second-order valence-corrected chi connectivity index (χ2v) is 5.29. The summed E-state index contributed by atoms with van der Waals surface area (Å²) < 4.78 is 5.04. The molecule has 1 aromatic carbocycles. The number of nitrogens with one attached hydrogen (secondary N) is 2. The Hall–Kier alpha value is -1.66. The van der Waals surface area contributed by atoms with Crippen molar-refractivity contribution in [1.29, 1.82) is 0 Å². The van der Waals surface area contributed by atoms with Crippen molar-refractivity contribution in [1.82, 2.24) is 10.2 Å². The van der Waals surface area contributed by atoms with E-state index in [0.29, 0.717) is 17.3 Å². The Bertz CT molecular complexity index is 504. The molecule has 0 saturated heterocycles. The maximum atomic E-state index is 11.8. The molecule has 6 heteroatoms. The second kappa shape index (κ2) is 8.59. The van der Waals surface area contributed by atoms with Crippen LogP contribution in [0.5, 0.6) is 0 Å². The molecule has 5 nitrogen and oxygen atoms in total. The number of carbonyl (C=O) groups is 1. The van der Waals surface area contributed by atoms with Gasteiger partial charge in [0.05, 0.1) is 12.2 Å². The fourth-order valence-electron chi connectivity index (χ4n) is 1.76. The Labute approximate surface area is 131 Å². The molecule has 21 heavy (non-hydrogen) atoms. The first-order valence-corrected chi connectivity index (χ1v) is 7.32. The number of anilines is 1. The van der Waals surface area contributed by atoms with Crippen LogP contribution < -0.4 is 10.6 Å². The van der Waals surface area contributed by atoms with E-state index >= 15 is 0 Å². The molecule has 0 radical (unpaired) electrons. The van der Waals surface area contributed by atoms with Crippen LogP contribution >= 0.6 is 12.2 Å². The summed E-state index contributed by atoms with van der Waals surface area (Å²) in [5.74, 6) is -0.315. The molecular weight excluding hydrogens is 286 g/mol. The normalized spacial score (nSPS) is 10.3. The molecule has 1 rings (SSSR count). The maximum Gasteiger partial charge on any atom is 0.338 e. The van der Waals surface area contributed by atoms with Crippen LogP contribution in [0.25, 0.3) is 0 Å². The highest BCUT2D eigenvalue weighted by Crippen LogP contribution is 2.19. The summed E-state index contributed by atoms with van der Waals surface area (Å²) in [4.78, 5) is 13.9. The summed E-state index contributed by atoms with van der Waals surface area (Å²) in [5.41, 5.74) is 2.19. The van der Waals surface area contributed by atoms with E-state index < -0.39 is 0 Å². The van der Waals surface area contributed by atoms with Gasteiger partial charge in [0.2, 0.25) is 0 Å². The lowest BCUT2D eigenvalue weighted by atomic mass is 10.1. The van der Waals surface area contributed by atoms with Gasteiger partial charge in [-0.25, -0.2) is 4.79 Å². The van der Waals surface area contributed by atoms with Gasteiger partial charge in [0.1, 0.15) is 0 Å². The van der Waals surface area contributed by atoms with Gasteiger partial charge < -0.3 is 20.3 Å². The number of hydrogen-bond donors (Lipinski definition) is 2. The van der Waals surface area contributed by atoms with Crippen molar-refractivity contribution in [3.63, 3.8) is 0 Å². The van der Waals surface area contributed by atoms with Gasteiger partial charge in [0.25, 0.3) is 0 Å². The summed E-state index contributed by atoms with van der Waals surface area (Å²) in [5, 5.41) is 6.78. The lowest BCUT2D eigenvalue weighted by Gasteiger charge is -2.15. The molecule has 0 saturated carbocycles. The number of rotatable bonds is 6. The topological polar surface area (TPSA) is 53.6 Å². The molecule has 0 spiro atoms. The van der Waals surface area contributed by atoms with Crippen LogP contribution in [0.4, 0.5) is 5.69 Å². The SMILES string of the molecule is CCOC(=O)c1cccc(NC(=S)NCCN(C)C)c1C. The Kier molecular flexibility index (Phi) is 7.11. The van der Waals surface area contributed by atoms with Crippen molar-refractivity contribution in [2.75, 3.05) is 39.1 Å². The van der Waals surface area contributed by atoms with Crippen LogP contribution in [0.1, 0.15) is 22.8 Å². The average molecular weight is 309 g/mol. The predicted octanol–water partition coefficient (Wildman–Crippen LogP) is 2.02. The fourth-order valence-corrected chi connectivity index (χ4v) is 1.97. The monoisotopic (exact) mass is 309 g/mol. The maximum absolute atomic E-state index is 11.8. The Balaban J connectivity index is 2.69. The minimum absolute atomic E-state index is 0.315. The number of nitrogens with zero attached hydrogens (tertiary/aromatic N) is 1. The van der Waals surface area contributed by atoms with E-state index in [2.05, 4.69) is 15.5 Å². The highest BCUT2D eigenvalue weighted by atomic mass is 32.1. The van der Waals surface area contributed by atoms with Crippen LogP contribution in [-0.2, 0) is 4.74 Å². The molecule has 0 aliphatic rings. The van der Waals surface area contributed by atoms with Crippen molar-refractivity contribution in [2.45, 2.75) is 13.8 Å². The summed E-state index contributed by atoms with van der Waals surface area (Å²) in [7, 11) is 4.01. The third-order valence-corrected chi connectivity index (χ3v) is 3.17. The minimum atomic E-state index is -0.315. The van der Waals surface area contributed by atoms with Crippen LogP contribution in [0.15, 0.2) is 18.2 Å². The second-order valence-electron chi connectivity index (χ2n) is 4.88. The van der Waals surface area contributed by atoms with Gasteiger partial charge in [-0.15, -0.1) is 0 Å². The third-order valence-electron chi connectivity index (χ3n) is 2.92. The average Bonchev–Trinajstić information content (AvgIpc) is 2.41. The molecule has 0 fully saturated rings. The number of carbonyl (C=O) groups excluding carboxylic acids is 1. The number of likely N-dealkylation sites (N-methyl/N-ethyl adjacent to an activating group) is 1. The number of hydrogen-bond acceptors (Lipinski definition) is 4. The quantitative estimate of drug-likeness (QED) is 0.619. The molecule has 0 bridgehead atoms. The van der Waals surface area contributed by atoms with Gasteiger partial charge in [-0.3, -0.25) is 0 Å². The van der Waals surface area contributed by atoms with E-state index in [1.54, 1.807) is 13.0 Å². The Morgan fingerprint density at radius 1 is 1.38 bits per heavy atom. The summed E-state index contributed by atoms with van der Waals surface area (Å²) >= 11 is 5.25. The van der Waals surface area contributed by atoms with E-state index in [9.17, 15) is 4.79 Å². The van der Waals surface area contributed by atoms with E-state index in [4.69, 9.17) is 17.0 Å². The smallest absolute Gasteiger partial charge is 0.338 e.